The molecule has 1 unspecified atom stereocenters. The third kappa shape index (κ3) is 12.1. The largest absolute Gasteiger partial charge is 0.459 e. The number of esters is 1. The summed E-state index contributed by atoms with van der Waals surface area (Å²) in [5, 5.41) is 0. The maximum absolute atomic E-state index is 12.3. The fourth-order valence-corrected chi connectivity index (χ4v) is 3.25. The number of rotatable bonds is 17. The van der Waals surface area contributed by atoms with Crippen LogP contribution in [0.3, 0.4) is 0 Å². The Bertz CT molecular complexity index is 488. The molecule has 0 saturated heterocycles. The summed E-state index contributed by atoms with van der Waals surface area (Å²) in [5.74, 6) is -0.0889. The molecule has 0 radical (unpaired) electrons. The van der Waals surface area contributed by atoms with Crippen molar-refractivity contribution in [2.75, 3.05) is 26.2 Å². The van der Waals surface area contributed by atoms with Gasteiger partial charge in [-0.15, -0.1) is 0 Å². The number of carbonyl (C=O) groups is 1. The Morgan fingerprint density at radius 2 is 1.57 bits per heavy atom. The van der Waals surface area contributed by atoms with Gasteiger partial charge in [0.2, 0.25) is 0 Å². The van der Waals surface area contributed by atoms with Gasteiger partial charge >= 0.3 is 5.97 Å². The number of unbranched alkanes of at least 4 members (excludes halogenated alkanes) is 6. The highest BCUT2D eigenvalue weighted by Gasteiger charge is 2.17. The lowest BCUT2D eigenvalue weighted by molar-refractivity contribution is -0.153. The molecule has 0 spiro atoms. The zero-order chi connectivity index (χ0) is 20.5. The number of likely N-dealkylation sites (N-methyl/N-ethyl adjacent to an activating group) is 1. The molecule has 0 heterocycles. The minimum atomic E-state index is -0.208. The fraction of sp³-hybridized carbons (Fsp3) is 0.708. The summed E-state index contributed by atoms with van der Waals surface area (Å²) in [5.41, 5.74) is 1.14. The van der Waals surface area contributed by atoms with E-state index in [1.54, 1.807) is 0 Å². The molecular formula is C24H41NO3. The second-order valence-electron chi connectivity index (χ2n) is 7.47. The maximum Gasteiger partial charge on any atom is 0.306 e. The Balaban J connectivity index is 2.33. The minimum Gasteiger partial charge on any atom is -0.459 e. The lowest BCUT2D eigenvalue weighted by Crippen LogP contribution is -2.37. The van der Waals surface area contributed by atoms with Crippen LogP contribution in [0.15, 0.2) is 30.3 Å². The van der Waals surface area contributed by atoms with Gasteiger partial charge in [0.05, 0.1) is 13.2 Å². The Morgan fingerprint density at radius 1 is 0.929 bits per heavy atom. The third-order valence-electron chi connectivity index (χ3n) is 5.05. The molecule has 0 aromatic heterocycles. The molecule has 4 heteroatoms. The van der Waals surface area contributed by atoms with E-state index >= 15 is 0 Å². The van der Waals surface area contributed by atoms with E-state index in [-0.39, 0.29) is 12.1 Å². The van der Waals surface area contributed by atoms with Gasteiger partial charge in [-0.2, -0.15) is 0 Å². The molecule has 0 aliphatic heterocycles. The molecule has 0 saturated carbocycles. The predicted molar refractivity (Wildman–Crippen MR) is 116 cm³/mol. The first kappa shape index (κ1) is 24.6. The van der Waals surface area contributed by atoms with E-state index in [0.717, 1.165) is 38.0 Å². The standard InChI is InChI=1S/C24H41NO3/c1-4-7-8-9-10-11-15-18-24(26)28-23(19-25(5-2)6-3)21-27-20-22-16-13-12-14-17-22/h12-14,16-17,23H,4-11,15,18-21H2,1-3H3. The van der Waals surface area contributed by atoms with Crippen LogP contribution >= 0.6 is 0 Å². The first-order chi connectivity index (χ1) is 13.7. The Labute approximate surface area is 172 Å². The molecule has 0 amide bonds. The summed E-state index contributed by atoms with van der Waals surface area (Å²) in [7, 11) is 0. The van der Waals surface area contributed by atoms with Gasteiger partial charge in [-0.25, -0.2) is 0 Å². The monoisotopic (exact) mass is 391 g/mol. The van der Waals surface area contributed by atoms with E-state index in [9.17, 15) is 4.79 Å². The molecule has 1 aromatic rings. The fourth-order valence-electron chi connectivity index (χ4n) is 3.25. The first-order valence-electron chi connectivity index (χ1n) is 11.2. The Hall–Kier alpha value is -1.39. The van der Waals surface area contributed by atoms with Crippen LogP contribution in [0.2, 0.25) is 0 Å². The van der Waals surface area contributed by atoms with E-state index in [1.165, 1.54) is 32.1 Å². The maximum atomic E-state index is 12.3. The molecule has 0 fully saturated rings. The summed E-state index contributed by atoms with van der Waals surface area (Å²) in [6.45, 7) is 10.1. The van der Waals surface area contributed by atoms with Crippen LogP contribution in [0, 0.1) is 0 Å². The van der Waals surface area contributed by atoms with E-state index in [2.05, 4.69) is 25.7 Å². The summed E-state index contributed by atoms with van der Waals surface area (Å²) in [6, 6.07) is 10.1. The SMILES string of the molecule is CCCCCCCCCC(=O)OC(COCc1ccccc1)CN(CC)CC. The number of hydrogen-bond donors (Lipinski definition) is 0. The second kappa shape index (κ2) is 16.6. The number of nitrogens with zero attached hydrogens (tertiary/aromatic N) is 1. The van der Waals surface area contributed by atoms with Crippen molar-refractivity contribution < 1.29 is 14.3 Å². The van der Waals surface area contributed by atoms with Crippen LogP contribution in [-0.4, -0.2) is 43.2 Å². The van der Waals surface area contributed by atoms with Crippen molar-refractivity contribution in [2.45, 2.75) is 84.8 Å². The topological polar surface area (TPSA) is 38.8 Å². The molecule has 1 atom stereocenters. The van der Waals surface area contributed by atoms with E-state index in [0.29, 0.717) is 19.6 Å². The molecule has 160 valence electrons. The van der Waals surface area contributed by atoms with Crippen LogP contribution in [0.25, 0.3) is 0 Å². The minimum absolute atomic E-state index is 0.0889. The van der Waals surface area contributed by atoms with Crippen molar-refractivity contribution in [3.63, 3.8) is 0 Å². The normalized spacial score (nSPS) is 12.3. The average molecular weight is 392 g/mol. The van der Waals surface area contributed by atoms with Crippen molar-refractivity contribution in [2.24, 2.45) is 0 Å². The smallest absolute Gasteiger partial charge is 0.306 e. The van der Waals surface area contributed by atoms with Crippen LogP contribution in [0.4, 0.5) is 0 Å². The van der Waals surface area contributed by atoms with Crippen molar-refractivity contribution in [3.8, 4) is 0 Å². The lowest BCUT2D eigenvalue weighted by Gasteiger charge is -2.25. The number of benzene rings is 1. The van der Waals surface area contributed by atoms with E-state index in [1.807, 2.05) is 30.3 Å². The zero-order valence-electron chi connectivity index (χ0n) is 18.3. The summed E-state index contributed by atoms with van der Waals surface area (Å²) >= 11 is 0. The quantitative estimate of drug-likeness (QED) is 0.256. The van der Waals surface area contributed by atoms with Crippen molar-refractivity contribution in [1.29, 1.82) is 0 Å². The van der Waals surface area contributed by atoms with Gasteiger partial charge in [0.15, 0.2) is 0 Å². The first-order valence-corrected chi connectivity index (χ1v) is 11.2. The molecule has 28 heavy (non-hydrogen) atoms. The molecule has 4 nitrogen and oxygen atoms in total. The van der Waals surface area contributed by atoms with Gasteiger partial charge in [0.25, 0.3) is 0 Å². The summed E-state index contributed by atoms with van der Waals surface area (Å²) in [6.07, 6.45) is 8.74. The summed E-state index contributed by atoms with van der Waals surface area (Å²) in [4.78, 5) is 14.6. The number of hydrogen-bond acceptors (Lipinski definition) is 4. The molecule has 1 rings (SSSR count). The number of ether oxygens (including phenoxy) is 2. The zero-order valence-corrected chi connectivity index (χ0v) is 18.3. The van der Waals surface area contributed by atoms with E-state index in [4.69, 9.17) is 9.47 Å². The van der Waals surface area contributed by atoms with Crippen molar-refractivity contribution in [1.82, 2.24) is 4.90 Å². The Morgan fingerprint density at radius 3 is 2.21 bits per heavy atom. The van der Waals surface area contributed by atoms with Gasteiger partial charge in [-0.3, -0.25) is 4.79 Å². The predicted octanol–water partition coefficient (Wildman–Crippen LogP) is 5.60. The van der Waals surface area contributed by atoms with Crippen LogP contribution in [0.1, 0.15) is 77.7 Å². The third-order valence-corrected chi connectivity index (χ3v) is 5.05. The molecule has 0 bridgehead atoms. The summed E-state index contributed by atoms with van der Waals surface area (Å²) < 4.78 is 11.6. The molecule has 1 aromatic carbocycles. The molecule has 0 N–H and O–H groups in total. The lowest BCUT2D eigenvalue weighted by atomic mass is 10.1. The van der Waals surface area contributed by atoms with Crippen LogP contribution in [-0.2, 0) is 20.9 Å². The van der Waals surface area contributed by atoms with Gasteiger partial charge in [0, 0.05) is 13.0 Å². The highest BCUT2D eigenvalue weighted by atomic mass is 16.6. The highest BCUT2D eigenvalue weighted by Crippen LogP contribution is 2.10. The average Bonchev–Trinajstić information content (AvgIpc) is 2.71. The van der Waals surface area contributed by atoms with Crippen LogP contribution < -0.4 is 0 Å². The van der Waals surface area contributed by atoms with Crippen LogP contribution in [0.5, 0.6) is 0 Å². The van der Waals surface area contributed by atoms with E-state index < -0.39 is 0 Å². The highest BCUT2D eigenvalue weighted by molar-refractivity contribution is 5.69. The second-order valence-corrected chi connectivity index (χ2v) is 7.47. The van der Waals surface area contributed by atoms with Gasteiger partial charge < -0.3 is 14.4 Å². The van der Waals surface area contributed by atoms with Gasteiger partial charge in [0.1, 0.15) is 6.10 Å². The van der Waals surface area contributed by atoms with Gasteiger partial charge in [-0.05, 0) is 25.1 Å². The van der Waals surface area contributed by atoms with Gasteiger partial charge in [-0.1, -0.05) is 89.6 Å². The van der Waals surface area contributed by atoms with Crippen molar-refractivity contribution in [3.05, 3.63) is 35.9 Å². The van der Waals surface area contributed by atoms with Crippen molar-refractivity contribution >= 4 is 5.97 Å². The molecule has 0 aliphatic carbocycles. The molecule has 0 aliphatic rings. The Kier molecular flexibility index (Phi) is 14.6. The number of carbonyl (C=O) groups excluding carboxylic acids is 1. The molecular weight excluding hydrogens is 350 g/mol.